The van der Waals surface area contributed by atoms with Crippen molar-refractivity contribution in [2.75, 3.05) is 7.11 Å². The number of hydrogen-bond donors (Lipinski definition) is 0. The predicted octanol–water partition coefficient (Wildman–Crippen LogP) is 3.63. The van der Waals surface area contributed by atoms with Crippen LogP contribution in [0.25, 0.3) is 10.2 Å². The number of methoxy groups -OCH3 is 1. The third-order valence-electron chi connectivity index (χ3n) is 4.21. The second-order valence-corrected chi connectivity index (χ2v) is 7.13. The summed E-state index contributed by atoms with van der Waals surface area (Å²) in [5, 5.41) is 0. The molecule has 4 nitrogen and oxygen atoms in total. The van der Waals surface area contributed by atoms with E-state index in [0.717, 1.165) is 32.7 Å². The number of nitrogens with zero attached hydrogens (tertiary/aromatic N) is 2. The molecule has 0 aliphatic heterocycles. The van der Waals surface area contributed by atoms with Gasteiger partial charge in [-0.15, -0.1) is 6.42 Å². The second kappa shape index (κ2) is 7.59. The van der Waals surface area contributed by atoms with Crippen LogP contribution < -0.4 is 9.54 Å². The molecule has 0 aliphatic carbocycles. The molecule has 0 unspecified atom stereocenters. The second-order valence-electron chi connectivity index (χ2n) is 6.12. The van der Waals surface area contributed by atoms with Gasteiger partial charge in [-0.25, -0.2) is 0 Å². The summed E-state index contributed by atoms with van der Waals surface area (Å²) >= 11 is 1.44. The van der Waals surface area contributed by atoms with E-state index in [4.69, 9.17) is 11.2 Å². The van der Waals surface area contributed by atoms with E-state index in [9.17, 15) is 4.79 Å². The van der Waals surface area contributed by atoms with Crippen LogP contribution >= 0.6 is 11.3 Å². The number of carbonyl (C=O) groups excluding carboxylic acids is 1. The van der Waals surface area contributed by atoms with Crippen molar-refractivity contribution >= 4 is 27.5 Å². The fraction of sp³-hybridized carbons (Fsp3) is 0.238. The Morgan fingerprint density at radius 3 is 2.81 bits per heavy atom. The molecule has 0 atom stereocenters. The molecule has 0 aliphatic rings. The lowest BCUT2D eigenvalue weighted by molar-refractivity contribution is -0.117. The fourth-order valence-corrected chi connectivity index (χ4v) is 3.88. The Morgan fingerprint density at radius 1 is 1.27 bits per heavy atom. The third kappa shape index (κ3) is 3.71. The summed E-state index contributed by atoms with van der Waals surface area (Å²) in [6, 6.07) is 11.9. The molecule has 1 aromatic heterocycles. The van der Waals surface area contributed by atoms with E-state index in [1.807, 2.05) is 54.8 Å². The number of rotatable bonds is 4. The molecule has 3 aromatic rings. The Bertz CT molecular complexity index is 1080. The maximum Gasteiger partial charge on any atom is 0.252 e. The Labute approximate surface area is 156 Å². The van der Waals surface area contributed by atoms with Gasteiger partial charge in [0.1, 0.15) is 5.75 Å². The Balaban J connectivity index is 2.02. The monoisotopic (exact) mass is 364 g/mol. The van der Waals surface area contributed by atoms with E-state index in [-0.39, 0.29) is 12.3 Å². The molecule has 5 heteroatoms. The number of thiazole rings is 1. The first-order valence-corrected chi connectivity index (χ1v) is 9.08. The molecule has 0 saturated carbocycles. The molecule has 0 bridgehead atoms. The summed E-state index contributed by atoms with van der Waals surface area (Å²) in [7, 11) is 1.63. The Kier molecular flexibility index (Phi) is 5.24. The highest BCUT2D eigenvalue weighted by atomic mass is 32.1. The van der Waals surface area contributed by atoms with Crippen LogP contribution in [0.4, 0.5) is 0 Å². The molecule has 132 valence electrons. The number of hydrogen-bond acceptors (Lipinski definition) is 3. The van der Waals surface area contributed by atoms with Crippen LogP contribution in [0.15, 0.2) is 41.4 Å². The van der Waals surface area contributed by atoms with Crippen LogP contribution in [0.2, 0.25) is 0 Å². The van der Waals surface area contributed by atoms with Gasteiger partial charge >= 0.3 is 0 Å². The van der Waals surface area contributed by atoms with Gasteiger partial charge in [0.05, 0.1) is 30.3 Å². The van der Waals surface area contributed by atoms with E-state index in [1.165, 1.54) is 11.3 Å². The van der Waals surface area contributed by atoms with Crippen molar-refractivity contribution < 1.29 is 9.53 Å². The lowest BCUT2D eigenvalue weighted by Crippen LogP contribution is -2.17. The number of aromatic nitrogens is 1. The van der Waals surface area contributed by atoms with E-state index >= 15 is 0 Å². The van der Waals surface area contributed by atoms with E-state index in [2.05, 4.69) is 10.9 Å². The average molecular weight is 364 g/mol. The van der Waals surface area contributed by atoms with Crippen LogP contribution in [0.5, 0.6) is 5.75 Å². The molecule has 0 N–H and O–H groups in total. The zero-order valence-electron chi connectivity index (χ0n) is 15.1. The summed E-state index contributed by atoms with van der Waals surface area (Å²) in [5.74, 6) is 3.22. The van der Waals surface area contributed by atoms with Crippen LogP contribution in [0.1, 0.15) is 16.7 Å². The molecule has 0 spiro atoms. The number of benzene rings is 2. The zero-order chi connectivity index (χ0) is 18.7. The zero-order valence-corrected chi connectivity index (χ0v) is 15.9. The minimum Gasteiger partial charge on any atom is -0.497 e. The average Bonchev–Trinajstić information content (AvgIpc) is 2.94. The smallest absolute Gasteiger partial charge is 0.252 e. The summed E-state index contributed by atoms with van der Waals surface area (Å²) in [4.78, 5) is 17.5. The molecule has 1 amide bonds. The van der Waals surface area contributed by atoms with Crippen molar-refractivity contribution in [1.29, 1.82) is 0 Å². The third-order valence-corrected chi connectivity index (χ3v) is 5.25. The maximum absolute atomic E-state index is 12.6. The van der Waals surface area contributed by atoms with Crippen molar-refractivity contribution in [3.63, 3.8) is 0 Å². The number of amides is 1. The molecule has 1 heterocycles. The quantitative estimate of drug-likeness (QED) is 0.664. The van der Waals surface area contributed by atoms with Crippen molar-refractivity contribution in [1.82, 2.24) is 4.57 Å². The first kappa shape index (κ1) is 18.0. The summed E-state index contributed by atoms with van der Waals surface area (Å²) < 4.78 is 8.15. The molecule has 0 fully saturated rings. The number of carbonyl (C=O) groups is 1. The maximum atomic E-state index is 12.6. The predicted molar refractivity (Wildman–Crippen MR) is 105 cm³/mol. The van der Waals surface area contributed by atoms with Crippen molar-refractivity contribution in [2.24, 2.45) is 4.99 Å². The lowest BCUT2D eigenvalue weighted by atomic mass is 10.0. The van der Waals surface area contributed by atoms with Gasteiger partial charge < -0.3 is 9.30 Å². The Hall–Kier alpha value is -2.84. The molecule has 3 rings (SSSR count). The van der Waals surface area contributed by atoms with Gasteiger partial charge in [0.2, 0.25) is 0 Å². The highest BCUT2D eigenvalue weighted by Gasteiger charge is 2.10. The van der Waals surface area contributed by atoms with Crippen LogP contribution in [0, 0.1) is 26.2 Å². The summed E-state index contributed by atoms with van der Waals surface area (Å²) in [6.45, 7) is 4.39. The molecule has 26 heavy (non-hydrogen) atoms. The summed E-state index contributed by atoms with van der Waals surface area (Å²) in [6.07, 6.45) is 5.79. The lowest BCUT2D eigenvalue weighted by Gasteiger charge is -2.04. The fourth-order valence-electron chi connectivity index (χ4n) is 2.81. The van der Waals surface area contributed by atoms with Crippen molar-refractivity contribution in [3.8, 4) is 18.1 Å². The van der Waals surface area contributed by atoms with Gasteiger partial charge in [0.15, 0.2) is 4.80 Å². The SMILES string of the molecule is C#CCn1c(=NC(=O)Cc2cc(C)ccc2C)sc2cc(OC)ccc21. The van der Waals surface area contributed by atoms with E-state index in [0.29, 0.717) is 11.3 Å². The van der Waals surface area contributed by atoms with Gasteiger partial charge in [-0.1, -0.05) is 41.0 Å². The number of terminal acetylenes is 1. The normalized spacial score (nSPS) is 11.5. The minimum absolute atomic E-state index is 0.178. The Morgan fingerprint density at radius 2 is 2.08 bits per heavy atom. The molecule has 0 radical (unpaired) electrons. The molecular weight excluding hydrogens is 344 g/mol. The van der Waals surface area contributed by atoms with Gasteiger partial charge in [-0.3, -0.25) is 4.79 Å². The molecule has 0 saturated heterocycles. The number of aryl methyl sites for hydroxylation is 2. The standard InChI is InChI=1S/C21H20N2O2S/c1-5-10-23-18-9-8-17(25-4)13-19(18)26-21(23)22-20(24)12-16-11-14(2)6-7-15(16)3/h1,6-9,11,13H,10,12H2,2-4H3. The topological polar surface area (TPSA) is 43.6 Å². The van der Waals surface area contributed by atoms with Gasteiger partial charge in [0.25, 0.3) is 5.91 Å². The van der Waals surface area contributed by atoms with Gasteiger partial charge in [0, 0.05) is 0 Å². The molecular formula is C21H20N2O2S. The van der Waals surface area contributed by atoms with Crippen LogP contribution in [0.3, 0.4) is 0 Å². The van der Waals surface area contributed by atoms with Crippen LogP contribution in [-0.2, 0) is 17.8 Å². The van der Waals surface area contributed by atoms with Crippen LogP contribution in [-0.4, -0.2) is 17.6 Å². The van der Waals surface area contributed by atoms with Gasteiger partial charge in [-0.05, 0) is 43.2 Å². The first-order valence-electron chi connectivity index (χ1n) is 8.26. The number of fused-ring (bicyclic) bond motifs is 1. The van der Waals surface area contributed by atoms with E-state index in [1.54, 1.807) is 7.11 Å². The van der Waals surface area contributed by atoms with Crippen molar-refractivity contribution in [2.45, 2.75) is 26.8 Å². The van der Waals surface area contributed by atoms with Gasteiger partial charge in [-0.2, -0.15) is 4.99 Å². The highest BCUT2D eigenvalue weighted by molar-refractivity contribution is 7.16. The van der Waals surface area contributed by atoms with E-state index < -0.39 is 0 Å². The number of ether oxygens (including phenoxy) is 1. The molecule has 2 aromatic carbocycles. The largest absolute Gasteiger partial charge is 0.497 e. The highest BCUT2D eigenvalue weighted by Crippen LogP contribution is 2.23. The van der Waals surface area contributed by atoms with Crippen molar-refractivity contribution in [3.05, 3.63) is 57.9 Å². The minimum atomic E-state index is -0.178. The first-order chi connectivity index (χ1) is 12.5. The summed E-state index contributed by atoms with van der Waals surface area (Å²) in [5.41, 5.74) is 4.18.